The van der Waals surface area contributed by atoms with Crippen LogP contribution >= 0.6 is 0 Å². The highest BCUT2D eigenvalue weighted by Crippen LogP contribution is 2.32. The van der Waals surface area contributed by atoms with E-state index in [1.165, 1.54) is 11.1 Å². The molecule has 0 aromatic heterocycles. The summed E-state index contributed by atoms with van der Waals surface area (Å²) in [5.41, 5.74) is 3.44. The lowest BCUT2D eigenvalue weighted by molar-refractivity contribution is 0.140. The van der Waals surface area contributed by atoms with Gasteiger partial charge >= 0.3 is 0 Å². The second kappa shape index (κ2) is 6.38. The van der Waals surface area contributed by atoms with Crippen LogP contribution in [0.1, 0.15) is 22.7 Å². The van der Waals surface area contributed by atoms with Gasteiger partial charge in [0.25, 0.3) is 0 Å². The van der Waals surface area contributed by atoms with Crippen molar-refractivity contribution in [3.8, 4) is 11.5 Å². The molecule has 116 valence electrons. The van der Waals surface area contributed by atoms with Gasteiger partial charge in [0.1, 0.15) is 11.5 Å². The predicted octanol–water partition coefficient (Wildman–Crippen LogP) is 2.45. The summed E-state index contributed by atoms with van der Waals surface area (Å²) in [6.07, 6.45) is 0.315. The van der Waals surface area contributed by atoms with Gasteiger partial charge in [-0.05, 0) is 17.2 Å². The zero-order valence-corrected chi connectivity index (χ0v) is 12.9. The lowest BCUT2D eigenvalue weighted by Crippen LogP contribution is -2.28. The number of hydrogen-bond acceptors (Lipinski definition) is 4. The van der Waals surface area contributed by atoms with Gasteiger partial charge in [0.2, 0.25) is 0 Å². The third-order valence-electron chi connectivity index (χ3n) is 4.21. The first kappa shape index (κ1) is 14.9. The minimum Gasteiger partial charge on any atom is -0.497 e. The van der Waals surface area contributed by atoms with Crippen LogP contribution < -0.4 is 14.8 Å². The average molecular weight is 299 g/mol. The molecule has 0 saturated carbocycles. The maximum atomic E-state index is 10.3. The lowest BCUT2D eigenvalue weighted by Gasteiger charge is -2.19. The number of ether oxygens (including phenoxy) is 2. The predicted molar refractivity (Wildman–Crippen MR) is 85.3 cm³/mol. The van der Waals surface area contributed by atoms with Crippen molar-refractivity contribution in [3.05, 3.63) is 59.2 Å². The van der Waals surface area contributed by atoms with Gasteiger partial charge in [-0.3, -0.25) is 0 Å². The standard InChI is InChI=1S/C18H21NO3/c1-21-14-8-7-13(17(10-14)22-2)11-19-18-15-6-4-3-5-12(15)9-16(18)20/h3-8,10,16,18-20H,9,11H2,1-2H3/t16-,18+/m0/s1. The van der Waals surface area contributed by atoms with Gasteiger partial charge in [-0.2, -0.15) is 0 Å². The fourth-order valence-corrected chi connectivity index (χ4v) is 3.04. The minimum absolute atomic E-state index is 0.0389. The van der Waals surface area contributed by atoms with Crippen molar-refractivity contribution in [3.63, 3.8) is 0 Å². The van der Waals surface area contributed by atoms with Crippen molar-refractivity contribution < 1.29 is 14.6 Å². The Morgan fingerprint density at radius 1 is 1.14 bits per heavy atom. The molecule has 1 aliphatic rings. The second-order valence-electron chi connectivity index (χ2n) is 5.51. The second-order valence-corrected chi connectivity index (χ2v) is 5.51. The van der Waals surface area contributed by atoms with E-state index >= 15 is 0 Å². The van der Waals surface area contributed by atoms with E-state index in [4.69, 9.17) is 9.47 Å². The first-order valence-corrected chi connectivity index (χ1v) is 7.43. The summed E-state index contributed by atoms with van der Waals surface area (Å²) in [5.74, 6) is 1.56. The van der Waals surface area contributed by atoms with Crippen molar-refractivity contribution in [2.24, 2.45) is 0 Å². The van der Waals surface area contributed by atoms with Gasteiger partial charge in [-0.15, -0.1) is 0 Å². The number of aliphatic hydroxyl groups is 1. The highest BCUT2D eigenvalue weighted by molar-refractivity contribution is 5.41. The monoisotopic (exact) mass is 299 g/mol. The number of aliphatic hydroxyl groups excluding tert-OH is 1. The number of nitrogens with one attached hydrogen (secondary N) is 1. The van der Waals surface area contributed by atoms with Crippen molar-refractivity contribution >= 4 is 0 Å². The third-order valence-corrected chi connectivity index (χ3v) is 4.21. The summed E-state index contributed by atoms with van der Waals surface area (Å²) in [5, 5.41) is 13.7. The average Bonchev–Trinajstić information content (AvgIpc) is 2.88. The number of fused-ring (bicyclic) bond motifs is 1. The van der Waals surface area contributed by atoms with Crippen LogP contribution in [0.25, 0.3) is 0 Å². The summed E-state index contributed by atoms with van der Waals surface area (Å²) < 4.78 is 10.6. The zero-order valence-electron chi connectivity index (χ0n) is 12.9. The molecule has 0 unspecified atom stereocenters. The summed E-state index contributed by atoms with van der Waals surface area (Å²) in [4.78, 5) is 0. The van der Waals surface area contributed by atoms with Crippen molar-refractivity contribution in [2.45, 2.75) is 25.1 Å². The molecule has 0 heterocycles. The Balaban J connectivity index is 1.75. The van der Waals surface area contributed by atoms with E-state index in [-0.39, 0.29) is 12.1 Å². The Bertz CT molecular complexity index is 657. The molecule has 2 aromatic rings. The maximum absolute atomic E-state index is 10.3. The molecule has 4 heteroatoms. The van der Waals surface area contributed by atoms with Gasteiger partial charge in [-0.25, -0.2) is 0 Å². The zero-order chi connectivity index (χ0) is 15.5. The Morgan fingerprint density at radius 3 is 2.73 bits per heavy atom. The number of benzene rings is 2. The van der Waals surface area contributed by atoms with E-state index < -0.39 is 0 Å². The number of hydrogen-bond donors (Lipinski definition) is 2. The number of methoxy groups -OCH3 is 2. The lowest BCUT2D eigenvalue weighted by atomic mass is 10.1. The summed E-state index contributed by atoms with van der Waals surface area (Å²) in [6.45, 7) is 0.628. The Kier molecular flexibility index (Phi) is 4.32. The van der Waals surface area contributed by atoms with Crippen LogP contribution in [-0.4, -0.2) is 25.4 Å². The van der Waals surface area contributed by atoms with Gasteiger partial charge in [-0.1, -0.05) is 30.3 Å². The molecule has 3 rings (SSSR count). The van der Waals surface area contributed by atoms with Crippen LogP contribution in [0.5, 0.6) is 11.5 Å². The molecule has 4 nitrogen and oxygen atoms in total. The molecule has 0 radical (unpaired) electrons. The fourth-order valence-electron chi connectivity index (χ4n) is 3.04. The van der Waals surface area contributed by atoms with E-state index in [0.717, 1.165) is 17.1 Å². The van der Waals surface area contributed by atoms with E-state index in [2.05, 4.69) is 17.4 Å². The van der Waals surface area contributed by atoms with Gasteiger partial charge in [0.05, 0.1) is 26.4 Å². The molecule has 0 spiro atoms. The Morgan fingerprint density at radius 2 is 1.95 bits per heavy atom. The number of rotatable bonds is 5. The van der Waals surface area contributed by atoms with Crippen molar-refractivity contribution in [2.75, 3.05) is 14.2 Å². The molecule has 2 N–H and O–H groups in total. The molecular formula is C18H21NO3. The largest absolute Gasteiger partial charge is 0.497 e. The Labute approximate surface area is 130 Å². The highest BCUT2D eigenvalue weighted by Gasteiger charge is 2.30. The summed E-state index contributed by atoms with van der Waals surface area (Å²) in [7, 11) is 3.29. The summed E-state index contributed by atoms with van der Waals surface area (Å²) in [6, 6.07) is 13.9. The van der Waals surface area contributed by atoms with Crippen LogP contribution in [-0.2, 0) is 13.0 Å². The molecule has 0 saturated heterocycles. The van der Waals surface area contributed by atoms with Crippen LogP contribution in [0.2, 0.25) is 0 Å². The molecule has 0 amide bonds. The van der Waals surface area contributed by atoms with Crippen LogP contribution in [0, 0.1) is 0 Å². The quantitative estimate of drug-likeness (QED) is 0.890. The van der Waals surface area contributed by atoms with E-state index in [1.54, 1.807) is 14.2 Å². The SMILES string of the molecule is COc1ccc(CN[C@@H]2c3ccccc3C[C@@H]2O)c(OC)c1. The normalized spacial score (nSPS) is 19.8. The first-order chi connectivity index (χ1) is 10.7. The van der Waals surface area contributed by atoms with E-state index in [0.29, 0.717) is 13.0 Å². The third kappa shape index (κ3) is 2.80. The first-order valence-electron chi connectivity index (χ1n) is 7.43. The molecule has 2 aromatic carbocycles. The fraction of sp³-hybridized carbons (Fsp3) is 0.333. The Hall–Kier alpha value is -2.04. The van der Waals surface area contributed by atoms with Gasteiger partial charge < -0.3 is 19.9 Å². The van der Waals surface area contributed by atoms with E-state index in [1.807, 2.05) is 30.3 Å². The van der Waals surface area contributed by atoms with Gasteiger partial charge in [0, 0.05) is 24.6 Å². The van der Waals surface area contributed by atoms with Crippen LogP contribution in [0.4, 0.5) is 0 Å². The summed E-state index contributed by atoms with van der Waals surface area (Å²) >= 11 is 0. The molecule has 0 fully saturated rings. The maximum Gasteiger partial charge on any atom is 0.127 e. The van der Waals surface area contributed by atoms with E-state index in [9.17, 15) is 5.11 Å². The topological polar surface area (TPSA) is 50.7 Å². The van der Waals surface area contributed by atoms with Crippen molar-refractivity contribution in [1.82, 2.24) is 5.32 Å². The smallest absolute Gasteiger partial charge is 0.127 e. The molecule has 22 heavy (non-hydrogen) atoms. The molecular weight excluding hydrogens is 278 g/mol. The van der Waals surface area contributed by atoms with Gasteiger partial charge in [0.15, 0.2) is 0 Å². The molecule has 0 bridgehead atoms. The van der Waals surface area contributed by atoms with Crippen LogP contribution in [0.15, 0.2) is 42.5 Å². The molecule has 0 aliphatic heterocycles. The van der Waals surface area contributed by atoms with Crippen LogP contribution in [0.3, 0.4) is 0 Å². The highest BCUT2D eigenvalue weighted by atomic mass is 16.5. The molecule has 1 aliphatic carbocycles. The molecule has 2 atom stereocenters. The van der Waals surface area contributed by atoms with Crippen molar-refractivity contribution in [1.29, 1.82) is 0 Å². The minimum atomic E-state index is -0.387.